The van der Waals surface area contributed by atoms with E-state index in [9.17, 15) is 0 Å². The van der Waals surface area contributed by atoms with Crippen molar-refractivity contribution in [1.82, 2.24) is 0 Å². The van der Waals surface area contributed by atoms with Crippen LogP contribution in [0.15, 0.2) is 0 Å². The van der Waals surface area contributed by atoms with Gasteiger partial charge in [0.2, 0.25) is 0 Å². The highest BCUT2D eigenvalue weighted by Gasteiger charge is 1.09. The van der Waals surface area contributed by atoms with Gasteiger partial charge in [-0.05, 0) is 6.92 Å². The fraction of sp³-hybridized carbons (Fsp3) is 0.250. The minimum atomic E-state index is 1.65. The largest absolute Gasteiger partial charge is 0.307 e. The van der Waals surface area contributed by atoms with Crippen LogP contribution in [0.25, 0.3) is 0 Å². The van der Waals surface area contributed by atoms with Crippen LogP contribution in [0.5, 0.6) is 0 Å². The molecule has 0 unspecified atom stereocenters. The van der Waals surface area contributed by atoms with Crippen molar-refractivity contribution in [3.05, 3.63) is 0 Å². The van der Waals surface area contributed by atoms with Crippen LogP contribution in [0, 0.1) is 12.3 Å². The van der Waals surface area contributed by atoms with Crippen molar-refractivity contribution in [2.45, 2.75) is 6.92 Å². The summed E-state index contributed by atoms with van der Waals surface area (Å²) in [5, 5.41) is 0. The molecule has 0 aromatic carbocycles. The molecule has 5 heavy (non-hydrogen) atoms. The standard InChI is InChI=1S/C3H4.CH2O/c1-3-2;1-2/h1H,2H3;1H2. The third-order valence-electron chi connectivity index (χ3n) is 0. The lowest BCUT2D eigenvalue weighted by atomic mass is 10.9. The first kappa shape index (κ1) is 8.87. The summed E-state index contributed by atoms with van der Waals surface area (Å²) in [6.07, 6.45) is 4.60. The van der Waals surface area contributed by atoms with Crippen LogP contribution in [0.4, 0.5) is 0 Å². The molecule has 1 nitrogen and oxygen atoms in total. The molecule has 0 bridgehead atoms. The van der Waals surface area contributed by atoms with Crippen LogP contribution in [0.1, 0.15) is 6.92 Å². The Hall–Kier alpha value is -0.770. The second kappa shape index (κ2) is 304. The van der Waals surface area contributed by atoms with Crippen molar-refractivity contribution in [3.63, 3.8) is 0 Å². The van der Waals surface area contributed by atoms with E-state index in [1.807, 2.05) is 6.79 Å². The molecular weight excluding hydrogens is 64.0 g/mol. The lowest BCUT2D eigenvalue weighted by molar-refractivity contribution is -0.0979. The monoisotopic (exact) mass is 70.0 g/mol. The van der Waals surface area contributed by atoms with Gasteiger partial charge in [0.25, 0.3) is 0 Å². The molecule has 0 spiro atoms. The number of carbonyl (C=O) groups excluding carboxylic acids is 1. The van der Waals surface area contributed by atoms with Crippen LogP contribution < -0.4 is 0 Å². The molecule has 0 rings (SSSR count). The number of hydrogen-bond donors (Lipinski definition) is 0. The van der Waals surface area contributed by atoms with Crippen molar-refractivity contribution < 1.29 is 4.79 Å². The molecule has 0 aliphatic heterocycles. The van der Waals surface area contributed by atoms with Gasteiger partial charge < -0.3 is 4.79 Å². The molecular formula is C4H6O. The van der Waals surface area contributed by atoms with Crippen molar-refractivity contribution >= 4 is 6.79 Å². The molecule has 0 radical (unpaired) electrons. The van der Waals surface area contributed by atoms with Crippen molar-refractivity contribution in [1.29, 1.82) is 0 Å². The van der Waals surface area contributed by atoms with Crippen LogP contribution in [0.2, 0.25) is 0 Å². The van der Waals surface area contributed by atoms with Crippen LogP contribution in [-0.4, -0.2) is 6.79 Å². The molecule has 0 atom stereocenters. The van der Waals surface area contributed by atoms with Gasteiger partial charge in [0.1, 0.15) is 6.79 Å². The van der Waals surface area contributed by atoms with E-state index in [1.54, 1.807) is 6.92 Å². The van der Waals surface area contributed by atoms with Gasteiger partial charge in [-0.15, -0.1) is 12.3 Å². The first-order chi connectivity index (χ1) is 2.41. The molecule has 0 aromatic heterocycles. The lowest BCUT2D eigenvalue weighted by Crippen LogP contribution is -1.10. The van der Waals surface area contributed by atoms with Crippen molar-refractivity contribution in [2.24, 2.45) is 0 Å². The third kappa shape index (κ3) is 8.24. The maximum atomic E-state index is 8.00. The first-order valence-corrected chi connectivity index (χ1v) is 1.08. The number of terminal acetylenes is 1. The molecule has 28 valence electrons. The molecule has 0 heterocycles. The Kier molecular flexibility index (Phi) is 539. The number of hydrogen-bond acceptors (Lipinski definition) is 1. The topological polar surface area (TPSA) is 17.1 Å². The summed E-state index contributed by atoms with van der Waals surface area (Å²) in [5.74, 6) is 2.25. The molecule has 0 fully saturated rings. The quantitative estimate of drug-likeness (QED) is 0.378. The van der Waals surface area contributed by atoms with E-state index in [0.29, 0.717) is 0 Å². The van der Waals surface area contributed by atoms with E-state index in [2.05, 4.69) is 12.3 Å². The van der Waals surface area contributed by atoms with Crippen LogP contribution in [-0.2, 0) is 4.79 Å². The normalized spacial score (nSPS) is 2.40. The minimum absolute atomic E-state index is 1.65. The summed E-state index contributed by atoms with van der Waals surface area (Å²) >= 11 is 0. The van der Waals surface area contributed by atoms with E-state index < -0.39 is 0 Å². The van der Waals surface area contributed by atoms with Gasteiger partial charge in [0, 0.05) is 0 Å². The zero-order valence-electron chi connectivity index (χ0n) is 3.19. The highest BCUT2D eigenvalue weighted by molar-refractivity contribution is 5.10. The molecule has 0 aromatic rings. The fourth-order valence-corrected chi connectivity index (χ4v) is 0. The van der Waals surface area contributed by atoms with Gasteiger partial charge in [-0.1, -0.05) is 0 Å². The van der Waals surface area contributed by atoms with E-state index in [0.717, 1.165) is 0 Å². The predicted octanol–water partition coefficient (Wildman–Crippen LogP) is 0.455. The summed E-state index contributed by atoms with van der Waals surface area (Å²) in [6, 6.07) is 0. The van der Waals surface area contributed by atoms with Crippen molar-refractivity contribution in [2.75, 3.05) is 0 Å². The number of rotatable bonds is 0. The highest BCUT2D eigenvalue weighted by Crippen LogP contribution is 1.21. The highest BCUT2D eigenvalue weighted by atomic mass is 16.1. The zero-order valence-corrected chi connectivity index (χ0v) is 3.19. The smallest absolute Gasteiger partial charge is 0.106 e. The Morgan fingerprint density at radius 1 is 1.80 bits per heavy atom. The van der Waals surface area contributed by atoms with Gasteiger partial charge in [0.05, 0.1) is 0 Å². The molecule has 0 N–H and O–H groups in total. The minimum Gasteiger partial charge on any atom is -0.307 e. The molecule has 0 amide bonds. The molecule has 0 aliphatic rings. The zero-order chi connectivity index (χ0) is 4.71. The third-order valence-corrected chi connectivity index (χ3v) is 0. The van der Waals surface area contributed by atoms with Gasteiger partial charge in [-0.25, -0.2) is 0 Å². The SMILES string of the molecule is C#CC.C=O. The molecule has 0 saturated heterocycles. The Balaban J connectivity index is 0. The summed E-state index contributed by atoms with van der Waals surface area (Å²) < 4.78 is 0. The summed E-state index contributed by atoms with van der Waals surface area (Å²) in [7, 11) is 0. The summed E-state index contributed by atoms with van der Waals surface area (Å²) in [4.78, 5) is 8.00. The average molecular weight is 70.1 g/mol. The van der Waals surface area contributed by atoms with E-state index in [-0.39, 0.29) is 0 Å². The van der Waals surface area contributed by atoms with E-state index >= 15 is 0 Å². The molecule has 1 heteroatoms. The second-order valence-electron chi connectivity index (χ2n) is 0.289. The Morgan fingerprint density at radius 2 is 1.80 bits per heavy atom. The second-order valence-corrected chi connectivity index (χ2v) is 0.289. The van der Waals surface area contributed by atoms with Gasteiger partial charge >= 0.3 is 0 Å². The maximum Gasteiger partial charge on any atom is 0.106 e. The maximum absolute atomic E-state index is 8.00. The predicted molar refractivity (Wildman–Crippen MR) is 21.6 cm³/mol. The molecule has 0 aliphatic carbocycles. The average Bonchev–Trinajstić information content (AvgIpc) is 1.46. The Morgan fingerprint density at radius 3 is 1.80 bits per heavy atom. The van der Waals surface area contributed by atoms with Gasteiger partial charge in [0.15, 0.2) is 0 Å². The van der Waals surface area contributed by atoms with Gasteiger partial charge in [-0.3, -0.25) is 0 Å². The van der Waals surface area contributed by atoms with Crippen molar-refractivity contribution in [3.8, 4) is 12.3 Å². The van der Waals surface area contributed by atoms with E-state index in [1.165, 1.54) is 0 Å². The van der Waals surface area contributed by atoms with Crippen LogP contribution >= 0.6 is 0 Å². The Bertz CT molecular complexity index is 33.4. The number of carbonyl (C=O) groups is 1. The molecule has 0 saturated carbocycles. The lowest BCUT2D eigenvalue weighted by Gasteiger charge is -1.23. The van der Waals surface area contributed by atoms with Crippen LogP contribution in [0.3, 0.4) is 0 Å². The summed E-state index contributed by atoms with van der Waals surface area (Å²) in [5.41, 5.74) is 0. The Labute approximate surface area is 32.0 Å². The first-order valence-electron chi connectivity index (χ1n) is 1.08. The van der Waals surface area contributed by atoms with E-state index in [4.69, 9.17) is 4.79 Å². The fourth-order valence-electron chi connectivity index (χ4n) is 0. The summed E-state index contributed by atoms with van der Waals surface area (Å²) in [6.45, 7) is 3.65. The van der Waals surface area contributed by atoms with Gasteiger partial charge in [-0.2, -0.15) is 0 Å².